The Morgan fingerprint density at radius 2 is 2.21 bits per heavy atom. The van der Waals surface area contributed by atoms with Gasteiger partial charge in [-0.2, -0.15) is 0 Å². The molecule has 1 unspecified atom stereocenters. The van der Waals surface area contributed by atoms with Gasteiger partial charge in [0.05, 0.1) is 20.3 Å². The molecular weight excluding hydrogens is 338 g/mol. The van der Waals surface area contributed by atoms with Crippen LogP contribution in [0.15, 0.2) is 18.2 Å². The number of amides is 2. The first-order chi connectivity index (χ1) is 11.1. The van der Waals surface area contributed by atoms with Crippen LogP contribution in [0, 0.1) is 0 Å². The lowest BCUT2D eigenvalue weighted by atomic mass is 10.2. The number of halogens is 1. The van der Waals surface area contributed by atoms with Crippen LogP contribution in [0.1, 0.15) is 6.42 Å². The highest BCUT2D eigenvalue weighted by atomic mass is 35.5. The maximum atomic E-state index is 12.1. The highest BCUT2D eigenvalue weighted by molar-refractivity contribution is 5.91. The molecule has 1 aromatic rings. The van der Waals surface area contributed by atoms with Gasteiger partial charge in [0.25, 0.3) is 5.91 Å². The van der Waals surface area contributed by atoms with Gasteiger partial charge >= 0.3 is 0 Å². The molecule has 8 nitrogen and oxygen atoms in total. The summed E-state index contributed by atoms with van der Waals surface area (Å²) in [4.78, 5) is 22.9. The Morgan fingerprint density at radius 1 is 1.42 bits per heavy atom. The van der Waals surface area contributed by atoms with Gasteiger partial charge in [0.2, 0.25) is 5.91 Å². The molecule has 0 bridgehead atoms. The number of hydrogen-bond donors (Lipinski definition) is 3. The zero-order valence-electron chi connectivity index (χ0n) is 13.4. The van der Waals surface area contributed by atoms with Crippen molar-refractivity contribution in [2.75, 3.05) is 38.8 Å². The number of hydrogen-bond acceptors (Lipinski definition) is 6. The first-order valence-electron chi connectivity index (χ1n) is 7.28. The first-order valence-corrected chi connectivity index (χ1v) is 7.28. The quantitative estimate of drug-likeness (QED) is 0.645. The van der Waals surface area contributed by atoms with Crippen molar-refractivity contribution in [3.63, 3.8) is 0 Å². The summed E-state index contributed by atoms with van der Waals surface area (Å²) in [5.74, 6) is 0.0544. The van der Waals surface area contributed by atoms with Crippen molar-refractivity contribution in [1.82, 2.24) is 5.32 Å². The fraction of sp³-hybridized carbons (Fsp3) is 0.467. The van der Waals surface area contributed by atoms with Crippen molar-refractivity contribution in [3.8, 4) is 11.5 Å². The number of rotatable bonds is 7. The van der Waals surface area contributed by atoms with Gasteiger partial charge in [-0.25, -0.2) is 0 Å². The topological polar surface area (TPSA) is 112 Å². The largest absolute Gasteiger partial charge is 0.493 e. The van der Waals surface area contributed by atoms with E-state index < -0.39 is 5.91 Å². The number of methoxy groups -OCH3 is 1. The second-order valence-electron chi connectivity index (χ2n) is 5.10. The number of anilines is 1. The molecule has 2 rings (SSSR count). The van der Waals surface area contributed by atoms with Crippen molar-refractivity contribution in [2.45, 2.75) is 12.5 Å². The molecule has 0 spiro atoms. The van der Waals surface area contributed by atoms with Gasteiger partial charge in [-0.15, -0.1) is 12.4 Å². The van der Waals surface area contributed by atoms with E-state index in [4.69, 9.17) is 19.9 Å². The summed E-state index contributed by atoms with van der Waals surface area (Å²) in [6.45, 7) is 1.66. The van der Waals surface area contributed by atoms with E-state index in [1.807, 2.05) is 0 Å². The Morgan fingerprint density at radius 3 is 2.83 bits per heavy atom. The van der Waals surface area contributed by atoms with Crippen LogP contribution in [-0.4, -0.2) is 51.3 Å². The average molecular weight is 360 g/mol. The Hall–Kier alpha value is -2.03. The molecule has 24 heavy (non-hydrogen) atoms. The third-order valence-corrected chi connectivity index (χ3v) is 3.25. The molecule has 4 N–H and O–H groups in total. The summed E-state index contributed by atoms with van der Waals surface area (Å²) in [6, 6.07) is 4.93. The van der Waals surface area contributed by atoms with Crippen LogP contribution in [0.25, 0.3) is 0 Å². The lowest BCUT2D eigenvalue weighted by Crippen LogP contribution is -2.43. The van der Waals surface area contributed by atoms with E-state index in [0.717, 1.165) is 6.54 Å². The molecule has 1 aliphatic heterocycles. The summed E-state index contributed by atoms with van der Waals surface area (Å²) in [5.41, 5.74) is 5.61. The van der Waals surface area contributed by atoms with Gasteiger partial charge in [0.15, 0.2) is 18.1 Å². The molecule has 134 valence electrons. The van der Waals surface area contributed by atoms with E-state index in [-0.39, 0.29) is 31.0 Å². The smallest absolute Gasteiger partial charge is 0.255 e. The zero-order valence-corrected chi connectivity index (χ0v) is 14.2. The lowest BCUT2D eigenvalue weighted by Gasteiger charge is -2.23. The molecule has 0 saturated carbocycles. The van der Waals surface area contributed by atoms with E-state index in [2.05, 4.69) is 10.6 Å². The van der Waals surface area contributed by atoms with Gasteiger partial charge in [-0.05, 0) is 12.1 Å². The maximum absolute atomic E-state index is 12.1. The molecule has 0 aliphatic carbocycles. The zero-order chi connectivity index (χ0) is 16.7. The fourth-order valence-corrected chi connectivity index (χ4v) is 2.20. The lowest BCUT2D eigenvalue weighted by molar-refractivity contribution is -0.120. The SMILES string of the molecule is COc1ccc(NC(=O)CC2COCCN2)cc1OCC(N)=O.Cl. The fourth-order valence-electron chi connectivity index (χ4n) is 2.20. The number of primary amides is 1. The molecule has 1 aliphatic rings. The minimum Gasteiger partial charge on any atom is -0.493 e. The summed E-state index contributed by atoms with van der Waals surface area (Å²) in [6.07, 6.45) is 0.309. The molecule has 0 aromatic heterocycles. The van der Waals surface area contributed by atoms with E-state index in [0.29, 0.717) is 36.8 Å². The third kappa shape index (κ3) is 6.23. The van der Waals surface area contributed by atoms with E-state index in [1.54, 1.807) is 18.2 Å². The Kier molecular flexibility index (Phi) is 8.31. The summed E-state index contributed by atoms with van der Waals surface area (Å²) in [7, 11) is 1.49. The van der Waals surface area contributed by atoms with E-state index in [9.17, 15) is 9.59 Å². The van der Waals surface area contributed by atoms with Crippen LogP contribution in [0.2, 0.25) is 0 Å². The van der Waals surface area contributed by atoms with Crippen LogP contribution in [0.4, 0.5) is 5.69 Å². The van der Waals surface area contributed by atoms with Gasteiger partial charge in [-0.3, -0.25) is 9.59 Å². The molecule has 1 aromatic carbocycles. The maximum Gasteiger partial charge on any atom is 0.255 e. The average Bonchev–Trinajstić information content (AvgIpc) is 2.54. The molecule has 1 saturated heterocycles. The number of nitrogens with one attached hydrogen (secondary N) is 2. The van der Waals surface area contributed by atoms with Crippen LogP contribution in [0.3, 0.4) is 0 Å². The normalized spacial score (nSPS) is 16.6. The summed E-state index contributed by atoms with van der Waals surface area (Å²) < 4.78 is 15.7. The van der Waals surface area contributed by atoms with Gasteiger partial charge in [-0.1, -0.05) is 0 Å². The summed E-state index contributed by atoms with van der Waals surface area (Å²) >= 11 is 0. The van der Waals surface area contributed by atoms with Crippen LogP contribution >= 0.6 is 12.4 Å². The number of carbonyl (C=O) groups is 2. The number of morpholine rings is 1. The van der Waals surface area contributed by atoms with Gasteiger partial charge < -0.3 is 30.6 Å². The standard InChI is InChI=1S/C15H21N3O5.ClH/c1-21-12-3-2-10(6-13(12)23-9-14(16)19)18-15(20)7-11-8-22-5-4-17-11;/h2-3,6,11,17H,4-5,7-9H2,1H3,(H2,16,19)(H,18,20);1H. The van der Waals surface area contributed by atoms with Gasteiger partial charge in [0, 0.05) is 30.8 Å². The minimum absolute atomic E-state index is 0. The van der Waals surface area contributed by atoms with E-state index in [1.165, 1.54) is 7.11 Å². The molecule has 9 heteroatoms. The second-order valence-corrected chi connectivity index (χ2v) is 5.10. The molecule has 1 atom stereocenters. The van der Waals surface area contributed by atoms with Crippen molar-refractivity contribution in [2.24, 2.45) is 5.73 Å². The molecule has 1 heterocycles. The predicted octanol–water partition coefficient (Wildman–Crippen LogP) is 0.298. The highest BCUT2D eigenvalue weighted by Crippen LogP contribution is 2.30. The molecule has 2 amide bonds. The van der Waals surface area contributed by atoms with Crippen molar-refractivity contribution >= 4 is 29.9 Å². The summed E-state index contributed by atoms with van der Waals surface area (Å²) in [5, 5.41) is 6.00. The van der Waals surface area contributed by atoms with E-state index >= 15 is 0 Å². The number of benzene rings is 1. The first kappa shape index (κ1) is 20.0. The Balaban J connectivity index is 0.00000288. The number of nitrogens with two attached hydrogens (primary N) is 1. The number of ether oxygens (including phenoxy) is 3. The Bertz CT molecular complexity index is 564. The van der Waals surface area contributed by atoms with Crippen molar-refractivity contribution in [1.29, 1.82) is 0 Å². The molecular formula is C15H22ClN3O5. The second kappa shape index (κ2) is 9.96. The monoisotopic (exact) mass is 359 g/mol. The predicted molar refractivity (Wildman–Crippen MR) is 90.8 cm³/mol. The molecule has 1 fully saturated rings. The van der Waals surface area contributed by atoms with Crippen LogP contribution < -0.4 is 25.8 Å². The van der Waals surface area contributed by atoms with Crippen molar-refractivity contribution in [3.05, 3.63) is 18.2 Å². The van der Waals surface area contributed by atoms with Crippen molar-refractivity contribution < 1.29 is 23.8 Å². The van der Waals surface area contributed by atoms with Crippen LogP contribution in [-0.2, 0) is 14.3 Å². The van der Waals surface area contributed by atoms with Crippen LogP contribution in [0.5, 0.6) is 11.5 Å². The Labute approximate surface area is 146 Å². The minimum atomic E-state index is -0.593. The van der Waals surface area contributed by atoms with Gasteiger partial charge in [0.1, 0.15) is 0 Å². The number of carbonyl (C=O) groups excluding carboxylic acids is 2. The molecule has 0 radical (unpaired) electrons. The highest BCUT2D eigenvalue weighted by Gasteiger charge is 2.17. The third-order valence-electron chi connectivity index (χ3n) is 3.25.